The fourth-order valence-electron chi connectivity index (χ4n) is 0.738. The van der Waals surface area contributed by atoms with Crippen LogP contribution < -0.4 is 0 Å². The molecule has 76 valence electrons. The third-order valence-corrected chi connectivity index (χ3v) is 1.83. The summed E-state index contributed by atoms with van der Waals surface area (Å²) in [6.07, 6.45) is 4.73. The largest absolute Gasteiger partial charge is 0.465 e. The summed E-state index contributed by atoms with van der Waals surface area (Å²) in [4.78, 5) is 11.2. The predicted octanol–water partition coefficient (Wildman–Crippen LogP) is 2.93. The number of esters is 1. The van der Waals surface area contributed by atoms with Gasteiger partial charge in [-0.05, 0) is 19.3 Å². The number of rotatable bonds is 6. The van der Waals surface area contributed by atoms with E-state index in [1.165, 1.54) is 0 Å². The number of carbonyl (C=O) groups excluding carboxylic acids is 1. The summed E-state index contributed by atoms with van der Waals surface area (Å²) in [5.41, 5.74) is 0. The van der Waals surface area contributed by atoms with Crippen molar-refractivity contribution in [3.05, 3.63) is 12.2 Å². The molecule has 2 heteroatoms. The van der Waals surface area contributed by atoms with Crippen molar-refractivity contribution in [2.75, 3.05) is 6.61 Å². The minimum absolute atomic E-state index is 0.0618. The van der Waals surface area contributed by atoms with Gasteiger partial charge in [0.1, 0.15) is 0 Å². The van der Waals surface area contributed by atoms with Crippen LogP contribution in [0.2, 0.25) is 0 Å². The molecule has 0 aliphatic carbocycles. The Labute approximate surface area is 85.2 Å². The molecule has 0 fully saturated rings. The summed E-state index contributed by atoms with van der Waals surface area (Å²) >= 11 is 0. The molecule has 2 nitrogen and oxygen atoms in total. The molecular formula is C11H20O2. The molecule has 0 amide bonds. The van der Waals surface area contributed by atoms with Crippen LogP contribution in [0.25, 0.3) is 0 Å². The lowest BCUT2D eigenvalue weighted by molar-refractivity contribution is -0.147. The van der Waals surface area contributed by atoms with Crippen molar-refractivity contribution in [3.8, 4) is 0 Å². The topological polar surface area (TPSA) is 26.3 Å². The molecule has 13 heavy (non-hydrogen) atoms. The van der Waals surface area contributed by atoms with Crippen molar-refractivity contribution < 1.29 is 13.6 Å². The van der Waals surface area contributed by atoms with E-state index in [2.05, 4.69) is 0 Å². The first-order valence-corrected chi connectivity index (χ1v) is 4.68. The number of allylic oxidation sites excluding steroid dienone is 1. The second-order valence-electron chi connectivity index (χ2n) is 2.94. The van der Waals surface area contributed by atoms with E-state index < -0.39 is 6.85 Å². The Balaban J connectivity index is 3.57. The third kappa shape index (κ3) is 6.38. The molecule has 0 aromatic carbocycles. The number of hydrogen-bond donors (Lipinski definition) is 0. The monoisotopic (exact) mass is 187 g/mol. The molecule has 1 unspecified atom stereocenters. The molecule has 0 bridgehead atoms. The number of hydrogen-bond acceptors (Lipinski definition) is 2. The molecule has 0 heterocycles. The maximum Gasteiger partial charge on any atom is 0.308 e. The fourth-order valence-corrected chi connectivity index (χ4v) is 0.738. The van der Waals surface area contributed by atoms with E-state index in [0.29, 0.717) is 13.0 Å². The van der Waals surface area contributed by atoms with Crippen molar-refractivity contribution in [2.24, 2.45) is 5.92 Å². The van der Waals surface area contributed by atoms with Crippen molar-refractivity contribution >= 4 is 5.97 Å². The van der Waals surface area contributed by atoms with Gasteiger partial charge in [-0.2, -0.15) is 0 Å². The fraction of sp³-hybridized carbons (Fsp3) is 0.727. The zero-order valence-electron chi connectivity index (χ0n) is 11.4. The average Bonchev–Trinajstić information content (AvgIpc) is 2.20. The van der Waals surface area contributed by atoms with E-state index in [0.717, 1.165) is 6.42 Å². The van der Waals surface area contributed by atoms with Gasteiger partial charge in [-0.25, -0.2) is 0 Å². The van der Waals surface area contributed by atoms with Gasteiger partial charge in [-0.15, -0.1) is 0 Å². The van der Waals surface area contributed by atoms with Gasteiger partial charge < -0.3 is 4.74 Å². The molecule has 0 radical (unpaired) electrons. The van der Waals surface area contributed by atoms with Crippen LogP contribution in [-0.2, 0) is 9.53 Å². The SMILES string of the molecule is [2H]C([2H])([2H])C/C=C/CCOC(=O)C(C)CC. The minimum atomic E-state index is -1.91. The zero-order chi connectivity index (χ0) is 12.6. The second-order valence-corrected chi connectivity index (χ2v) is 2.94. The van der Waals surface area contributed by atoms with Gasteiger partial charge in [0.2, 0.25) is 0 Å². The highest BCUT2D eigenvalue weighted by Crippen LogP contribution is 2.03. The van der Waals surface area contributed by atoms with Crippen molar-refractivity contribution in [3.63, 3.8) is 0 Å². The lowest BCUT2D eigenvalue weighted by atomic mass is 10.1. The van der Waals surface area contributed by atoms with Crippen molar-refractivity contribution in [1.82, 2.24) is 0 Å². The van der Waals surface area contributed by atoms with Crippen LogP contribution in [0.15, 0.2) is 12.2 Å². The average molecular weight is 187 g/mol. The molecule has 0 saturated carbocycles. The van der Waals surface area contributed by atoms with E-state index in [9.17, 15) is 4.79 Å². The van der Waals surface area contributed by atoms with Crippen LogP contribution >= 0.6 is 0 Å². The van der Waals surface area contributed by atoms with Gasteiger partial charge in [0, 0.05) is 4.11 Å². The summed E-state index contributed by atoms with van der Waals surface area (Å²) < 4.78 is 25.9. The van der Waals surface area contributed by atoms with E-state index >= 15 is 0 Å². The van der Waals surface area contributed by atoms with Crippen LogP contribution in [0.1, 0.15) is 44.1 Å². The van der Waals surface area contributed by atoms with Crippen LogP contribution in [0.4, 0.5) is 0 Å². The Bertz CT molecular complexity index is 234. The minimum Gasteiger partial charge on any atom is -0.465 e. The first-order valence-electron chi connectivity index (χ1n) is 6.18. The molecule has 0 aromatic heterocycles. The first kappa shape index (κ1) is 7.60. The maximum atomic E-state index is 11.2. The van der Waals surface area contributed by atoms with Gasteiger partial charge in [0.05, 0.1) is 12.5 Å². The molecule has 0 aliphatic rings. The lowest BCUT2D eigenvalue weighted by Crippen LogP contribution is -2.14. The molecule has 0 aliphatic heterocycles. The summed E-state index contributed by atoms with van der Waals surface area (Å²) in [5, 5.41) is 0. The highest BCUT2D eigenvalue weighted by Gasteiger charge is 2.10. The number of carbonyl (C=O) groups is 1. The van der Waals surface area contributed by atoms with Gasteiger partial charge in [0.15, 0.2) is 0 Å². The standard InChI is InChI=1S/C11H20O2/c1-4-6-7-8-9-13-11(12)10(3)5-2/h6-7,10H,4-5,8-9H2,1-3H3/b7-6+/i1D3. The summed E-state index contributed by atoms with van der Waals surface area (Å²) in [6.45, 7) is 2.17. The second kappa shape index (κ2) is 7.84. The van der Waals surface area contributed by atoms with Gasteiger partial charge in [0.25, 0.3) is 0 Å². The van der Waals surface area contributed by atoms with Gasteiger partial charge in [-0.3, -0.25) is 4.79 Å². The van der Waals surface area contributed by atoms with Crippen LogP contribution in [0.5, 0.6) is 0 Å². The van der Waals surface area contributed by atoms with Gasteiger partial charge >= 0.3 is 5.97 Å². The molecule has 0 saturated heterocycles. The van der Waals surface area contributed by atoms with Crippen molar-refractivity contribution in [1.29, 1.82) is 0 Å². The van der Waals surface area contributed by atoms with E-state index in [1.807, 2.05) is 13.8 Å². The Morgan fingerprint density at radius 2 is 2.38 bits per heavy atom. The van der Waals surface area contributed by atoms with Gasteiger partial charge in [-0.1, -0.05) is 32.9 Å². The third-order valence-electron chi connectivity index (χ3n) is 1.83. The summed E-state index contributed by atoms with van der Waals surface area (Å²) in [5.74, 6) is -0.252. The highest BCUT2D eigenvalue weighted by atomic mass is 16.5. The molecule has 0 aromatic rings. The number of ether oxygens (including phenoxy) is 1. The van der Waals surface area contributed by atoms with Crippen LogP contribution in [0, 0.1) is 5.92 Å². The lowest BCUT2D eigenvalue weighted by Gasteiger charge is -2.07. The maximum absolute atomic E-state index is 11.2. The molecule has 0 N–H and O–H groups in total. The quantitative estimate of drug-likeness (QED) is 0.363. The predicted molar refractivity (Wildman–Crippen MR) is 54.5 cm³/mol. The molecule has 0 spiro atoms. The van der Waals surface area contributed by atoms with Crippen LogP contribution in [0.3, 0.4) is 0 Å². The highest BCUT2D eigenvalue weighted by molar-refractivity contribution is 5.71. The Morgan fingerprint density at radius 3 is 3.00 bits per heavy atom. The smallest absolute Gasteiger partial charge is 0.308 e. The zero-order valence-corrected chi connectivity index (χ0v) is 8.38. The Kier molecular flexibility index (Phi) is 4.58. The van der Waals surface area contributed by atoms with E-state index in [-0.39, 0.29) is 18.3 Å². The Hall–Kier alpha value is -0.790. The molecular weight excluding hydrogens is 164 g/mol. The summed E-state index contributed by atoms with van der Waals surface area (Å²) in [6, 6.07) is 0. The first-order chi connectivity index (χ1) is 7.37. The summed E-state index contributed by atoms with van der Waals surface area (Å²) in [7, 11) is 0. The molecule has 0 rings (SSSR count). The molecule has 1 atom stereocenters. The Morgan fingerprint density at radius 1 is 1.62 bits per heavy atom. The van der Waals surface area contributed by atoms with E-state index in [1.54, 1.807) is 12.2 Å². The van der Waals surface area contributed by atoms with E-state index in [4.69, 9.17) is 8.85 Å². The van der Waals surface area contributed by atoms with Crippen LogP contribution in [-0.4, -0.2) is 12.6 Å². The normalized spacial score (nSPS) is 17.5. The van der Waals surface area contributed by atoms with Crippen molar-refractivity contribution in [2.45, 2.75) is 40.0 Å².